The van der Waals surface area contributed by atoms with Gasteiger partial charge in [-0.2, -0.15) is 0 Å². The van der Waals surface area contributed by atoms with Crippen LogP contribution >= 0.6 is 23.5 Å². The first-order chi connectivity index (χ1) is 15.3. The summed E-state index contributed by atoms with van der Waals surface area (Å²) in [7, 11) is 1.72. The second kappa shape index (κ2) is 11.4. The molecule has 0 atom stereocenters. The van der Waals surface area contributed by atoms with Crippen LogP contribution in [-0.4, -0.2) is 37.6 Å². The van der Waals surface area contributed by atoms with Gasteiger partial charge in [0, 0.05) is 19.1 Å². The lowest BCUT2D eigenvalue weighted by Gasteiger charge is -2.42. The van der Waals surface area contributed by atoms with Gasteiger partial charge in [0.05, 0.1) is 21.3 Å². The van der Waals surface area contributed by atoms with E-state index in [1.54, 1.807) is 11.6 Å². The average Bonchev–Trinajstić information content (AvgIpc) is 3.39. The fraction of sp³-hybridized carbons (Fsp3) is 0.583. The van der Waals surface area contributed by atoms with E-state index in [0.717, 1.165) is 21.0 Å². The quantitative estimate of drug-likeness (QED) is 0.392. The van der Waals surface area contributed by atoms with Gasteiger partial charge >= 0.3 is 5.97 Å². The Balaban J connectivity index is 1.62. The highest BCUT2D eigenvalue weighted by Gasteiger charge is 2.32. The molecule has 8 heteroatoms. The van der Waals surface area contributed by atoms with Crippen molar-refractivity contribution < 1.29 is 9.90 Å². The van der Waals surface area contributed by atoms with E-state index in [2.05, 4.69) is 35.3 Å². The summed E-state index contributed by atoms with van der Waals surface area (Å²) in [4.78, 5) is 18.1. The van der Waals surface area contributed by atoms with E-state index in [9.17, 15) is 9.90 Å². The molecular weight excluding hydrogens is 440 g/mol. The van der Waals surface area contributed by atoms with E-state index in [-0.39, 0.29) is 5.69 Å². The van der Waals surface area contributed by atoms with Crippen molar-refractivity contribution in [3.8, 4) is 0 Å². The summed E-state index contributed by atoms with van der Waals surface area (Å²) in [6.45, 7) is 13.0. The van der Waals surface area contributed by atoms with E-state index < -0.39 is 5.97 Å². The van der Waals surface area contributed by atoms with Gasteiger partial charge in [0.25, 0.3) is 0 Å². The third-order valence-corrected chi connectivity index (χ3v) is 8.79. The van der Waals surface area contributed by atoms with Crippen molar-refractivity contribution in [2.45, 2.75) is 82.5 Å². The van der Waals surface area contributed by atoms with Gasteiger partial charge in [-0.25, -0.2) is 9.78 Å². The molecule has 0 aromatic carbocycles. The van der Waals surface area contributed by atoms with Crippen LogP contribution < -0.4 is 5.32 Å². The Morgan fingerprint density at radius 2 is 1.84 bits per heavy atom. The monoisotopic (exact) mass is 476 g/mol. The summed E-state index contributed by atoms with van der Waals surface area (Å²) in [5.74, 6) is 0.804. The lowest BCUT2D eigenvalue weighted by atomic mass is 9.86. The number of imidazole rings is 1. The standard InChI is InChI=1S/C24H36N4O2S2/c1-6-22(32-24-25-15-21(23(29)30)27(24)5)31-18(4)26-17(3)28(19-9-7-8-10-19)20-13-11-16(2)12-14-20/h6,15-16,19-20,26H,3-4,7-14H2,1-2,5H3,(H,29,30)/b22-6+. The Bertz CT molecular complexity index is 865. The molecule has 0 bridgehead atoms. The zero-order valence-electron chi connectivity index (χ0n) is 19.5. The van der Waals surface area contributed by atoms with Crippen LogP contribution in [0.15, 0.2) is 45.7 Å². The van der Waals surface area contributed by atoms with Crippen molar-refractivity contribution in [1.82, 2.24) is 19.8 Å². The zero-order valence-corrected chi connectivity index (χ0v) is 21.1. The minimum atomic E-state index is -0.979. The van der Waals surface area contributed by atoms with Crippen LogP contribution in [0, 0.1) is 5.92 Å². The molecule has 0 spiro atoms. The molecule has 2 saturated carbocycles. The van der Waals surface area contributed by atoms with Gasteiger partial charge in [0.15, 0.2) is 5.16 Å². The van der Waals surface area contributed by atoms with Crippen molar-refractivity contribution in [1.29, 1.82) is 0 Å². The van der Waals surface area contributed by atoms with Gasteiger partial charge < -0.3 is 19.9 Å². The summed E-state index contributed by atoms with van der Waals surface area (Å²) in [5.41, 5.74) is 0.173. The maximum atomic E-state index is 11.3. The van der Waals surface area contributed by atoms with Crippen molar-refractivity contribution >= 4 is 29.5 Å². The molecule has 32 heavy (non-hydrogen) atoms. The lowest BCUT2D eigenvalue weighted by molar-refractivity contribution is 0.0685. The van der Waals surface area contributed by atoms with E-state index in [1.165, 1.54) is 81.1 Å². The molecule has 176 valence electrons. The minimum Gasteiger partial charge on any atom is -0.477 e. The third-order valence-electron chi connectivity index (χ3n) is 6.51. The fourth-order valence-corrected chi connectivity index (χ4v) is 6.59. The van der Waals surface area contributed by atoms with Crippen molar-refractivity contribution in [2.24, 2.45) is 13.0 Å². The van der Waals surface area contributed by atoms with Gasteiger partial charge in [0.2, 0.25) is 0 Å². The number of nitrogens with one attached hydrogen (secondary N) is 1. The summed E-state index contributed by atoms with van der Waals surface area (Å²) in [6, 6.07) is 1.13. The molecule has 0 aliphatic heterocycles. The average molecular weight is 477 g/mol. The zero-order chi connectivity index (χ0) is 23.3. The highest BCUT2D eigenvalue weighted by molar-refractivity contribution is 8.23. The van der Waals surface area contributed by atoms with Gasteiger partial charge in [-0.05, 0) is 63.1 Å². The van der Waals surface area contributed by atoms with Crippen molar-refractivity contribution in [2.75, 3.05) is 0 Å². The lowest BCUT2D eigenvalue weighted by Crippen LogP contribution is -2.46. The molecule has 2 N–H and O–H groups in total. The summed E-state index contributed by atoms with van der Waals surface area (Å²) >= 11 is 2.97. The van der Waals surface area contributed by atoms with Crippen LogP contribution in [0.1, 0.15) is 75.7 Å². The number of thioether (sulfide) groups is 2. The molecule has 3 rings (SSSR count). The molecule has 0 amide bonds. The SMILES string of the molecule is C=C(NC(=C)N(C1CCCC1)C1CCC(C)CC1)S/C(=C\C)Sc1ncc(C(=O)O)n1C. The molecular formula is C24H36N4O2S2. The molecule has 1 aromatic heterocycles. The molecule has 2 aliphatic carbocycles. The Labute approximate surface area is 200 Å². The number of allylic oxidation sites excluding steroid dienone is 1. The Morgan fingerprint density at radius 1 is 1.22 bits per heavy atom. The molecule has 0 saturated heterocycles. The number of rotatable bonds is 10. The molecule has 1 aromatic rings. The molecule has 0 radical (unpaired) electrons. The first kappa shape index (κ1) is 24.8. The third kappa shape index (κ3) is 6.16. The fourth-order valence-electron chi connectivity index (χ4n) is 4.73. The second-order valence-electron chi connectivity index (χ2n) is 8.86. The second-order valence-corrected chi connectivity index (χ2v) is 11.3. The Kier molecular flexibility index (Phi) is 8.82. The van der Waals surface area contributed by atoms with Crippen molar-refractivity contribution in [3.63, 3.8) is 0 Å². The van der Waals surface area contributed by atoms with Crippen LogP contribution in [0.5, 0.6) is 0 Å². The number of carbonyl (C=O) groups is 1. The van der Waals surface area contributed by atoms with Crippen molar-refractivity contribution in [3.05, 3.63) is 46.2 Å². The number of carboxylic acid groups (broad SMARTS) is 1. The van der Waals surface area contributed by atoms with Crippen LogP contribution in [0.25, 0.3) is 0 Å². The Morgan fingerprint density at radius 3 is 2.41 bits per heavy atom. The summed E-state index contributed by atoms with van der Waals surface area (Å²) < 4.78 is 2.58. The van der Waals surface area contributed by atoms with E-state index in [1.807, 2.05) is 13.0 Å². The molecule has 2 aliphatic rings. The predicted molar refractivity (Wildman–Crippen MR) is 134 cm³/mol. The smallest absolute Gasteiger partial charge is 0.354 e. The van der Waals surface area contributed by atoms with Crippen LogP contribution in [0.3, 0.4) is 0 Å². The van der Waals surface area contributed by atoms with Crippen LogP contribution in [0.4, 0.5) is 0 Å². The number of aromatic nitrogens is 2. The Hall–Kier alpha value is -1.80. The topological polar surface area (TPSA) is 70.4 Å². The number of carboxylic acids is 1. The van der Waals surface area contributed by atoms with E-state index >= 15 is 0 Å². The van der Waals surface area contributed by atoms with Gasteiger partial charge in [-0.1, -0.05) is 50.8 Å². The largest absolute Gasteiger partial charge is 0.477 e. The first-order valence-corrected chi connectivity index (χ1v) is 13.1. The van der Waals surface area contributed by atoms with Gasteiger partial charge in [-0.15, -0.1) is 0 Å². The highest BCUT2D eigenvalue weighted by atomic mass is 32.2. The van der Waals surface area contributed by atoms with Gasteiger partial charge in [0.1, 0.15) is 5.69 Å². The number of aromatic carboxylic acids is 1. The minimum absolute atomic E-state index is 0.173. The number of nitrogens with zero attached hydrogens (tertiary/aromatic N) is 3. The molecule has 2 fully saturated rings. The first-order valence-electron chi connectivity index (χ1n) is 11.5. The van der Waals surface area contributed by atoms with E-state index in [0.29, 0.717) is 17.2 Å². The highest BCUT2D eigenvalue weighted by Crippen LogP contribution is 2.38. The number of hydrogen-bond donors (Lipinski definition) is 2. The summed E-state index contributed by atoms with van der Waals surface area (Å²) in [5, 5.41) is 14.2. The predicted octanol–water partition coefficient (Wildman–Crippen LogP) is 6.16. The number of hydrogen-bond acceptors (Lipinski definition) is 6. The molecule has 0 unspecified atom stereocenters. The van der Waals surface area contributed by atoms with Gasteiger partial charge in [-0.3, -0.25) is 0 Å². The van der Waals surface area contributed by atoms with Crippen LogP contribution in [0.2, 0.25) is 0 Å². The maximum absolute atomic E-state index is 11.3. The normalized spacial score (nSPS) is 22.0. The van der Waals surface area contributed by atoms with E-state index in [4.69, 9.17) is 0 Å². The maximum Gasteiger partial charge on any atom is 0.354 e. The summed E-state index contributed by atoms with van der Waals surface area (Å²) in [6.07, 6.45) is 13.5. The molecule has 6 nitrogen and oxygen atoms in total. The molecule has 1 heterocycles. The van der Waals surface area contributed by atoms with Crippen LogP contribution in [-0.2, 0) is 7.05 Å².